The van der Waals surface area contributed by atoms with E-state index in [-0.39, 0.29) is 11.4 Å². The van der Waals surface area contributed by atoms with Crippen molar-refractivity contribution in [3.8, 4) is 10.6 Å². The number of carboxylic acid groups (broad SMARTS) is 1. The number of aromatic carboxylic acids is 1. The van der Waals surface area contributed by atoms with Gasteiger partial charge in [-0.15, -0.1) is 11.3 Å². The number of carboxylic acids is 1. The number of hydrogen-bond donors (Lipinski definition) is 2. The van der Waals surface area contributed by atoms with E-state index in [1.807, 2.05) is 18.2 Å². The van der Waals surface area contributed by atoms with Gasteiger partial charge in [-0.1, -0.05) is 12.1 Å². The molecule has 1 aromatic heterocycles. The third-order valence-corrected chi connectivity index (χ3v) is 5.92. The summed E-state index contributed by atoms with van der Waals surface area (Å²) in [4.78, 5) is 15.4. The number of nitrogens with one attached hydrogen (secondary N) is 1. The Labute approximate surface area is 162 Å². The van der Waals surface area contributed by atoms with E-state index < -0.39 is 5.97 Å². The van der Waals surface area contributed by atoms with Gasteiger partial charge in [0.15, 0.2) is 0 Å². The Morgan fingerprint density at radius 1 is 1.04 bits per heavy atom. The Hall–Kier alpha value is -2.90. The number of benzene rings is 3. The summed E-state index contributed by atoms with van der Waals surface area (Å²) in [6.45, 7) is 0. The van der Waals surface area contributed by atoms with Gasteiger partial charge >= 0.3 is 5.97 Å². The number of hydrogen-bond acceptors (Lipinski definition) is 5. The van der Waals surface area contributed by atoms with E-state index in [1.165, 1.54) is 35.4 Å². The number of aromatic nitrogens is 1. The fourth-order valence-electron chi connectivity index (χ4n) is 2.58. The molecule has 3 aromatic carbocycles. The predicted molar refractivity (Wildman–Crippen MR) is 108 cm³/mol. The molecular formula is C20H13FN2O2S2. The Balaban J connectivity index is 1.48. The molecule has 0 saturated heterocycles. The number of anilines is 1. The van der Waals surface area contributed by atoms with E-state index in [4.69, 9.17) is 5.11 Å². The van der Waals surface area contributed by atoms with Crippen LogP contribution in [0.1, 0.15) is 10.4 Å². The maximum absolute atomic E-state index is 13.0. The Bertz CT molecular complexity index is 1130. The fraction of sp³-hybridized carbons (Fsp3) is 0. The zero-order valence-corrected chi connectivity index (χ0v) is 15.5. The molecule has 2 N–H and O–H groups in total. The summed E-state index contributed by atoms with van der Waals surface area (Å²) in [5, 5.41) is 11.7. The highest BCUT2D eigenvalue weighted by Crippen LogP contribution is 2.32. The van der Waals surface area contributed by atoms with Gasteiger partial charge in [0.25, 0.3) is 0 Å². The molecule has 0 aliphatic heterocycles. The summed E-state index contributed by atoms with van der Waals surface area (Å²) in [5.74, 6) is -1.20. The molecule has 7 heteroatoms. The molecular weight excluding hydrogens is 383 g/mol. The molecule has 0 spiro atoms. The van der Waals surface area contributed by atoms with E-state index in [1.54, 1.807) is 36.5 Å². The lowest BCUT2D eigenvalue weighted by molar-refractivity contribution is 0.0697. The van der Waals surface area contributed by atoms with Crippen molar-refractivity contribution in [2.75, 3.05) is 4.72 Å². The van der Waals surface area contributed by atoms with Crippen LogP contribution in [-0.2, 0) is 0 Å². The van der Waals surface area contributed by atoms with Crippen molar-refractivity contribution in [2.24, 2.45) is 0 Å². The van der Waals surface area contributed by atoms with E-state index >= 15 is 0 Å². The molecule has 0 radical (unpaired) electrons. The minimum absolute atomic E-state index is 0.265. The zero-order chi connectivity index (χ0) is 18.8. The average Bonchev–Trinajstić information content (AvgIpc) is 3.15. The van der Waals surface area contributed by atoms with Gasteiger partial charge in [-0.05, 0) is 71.3 Å². The molecule has 4 aromatic rings. The van der Waals surface area contributed by atoms with Crippen LogP contribution in [-0.4, -0.2) is 16.1 Å². The molecule has 0 aliphatic carbocycles. The summed E-state index contributed by atoms with van der Waals surface area (Å²) >= 11 is 2.97. The smallest absolute Gasteiger partial charge is 0.335 e. The molecule has 0 bridgehead atoms. The molecule has 0 aliphatic rings. The monoisotopic (exact) mass is 396 g/mol. The first-order chi connectivity index (χ1) is 13.1. The van der Waals surface area contributed by atoms with Crippen molar-refractivity contribution in [1.29, 1.82) is 0 Å². The normalized spacial score (nSPS) is 10.9. The van der Waals surface area contributed by atoms with Gasteiger partial charge in [-0.2, -0.15) is 0 Å². The van der Waals surface area contributed by atoms with Crippen LogP contribution in [0, 0.1) is 5.82 Å². The lowest BCUT2D eigenvalue weighted by Crippen LogP contribution is -1.95. The Morgan fingerprint density at radius 3 is 2.56 bits per heavy atom. The van der Waals surface area contributed by atoms with Gasteiger partial charge in [0, 0.05) is 11.3 Å². The maximum atomic E-state index is 13.0. The molecule has 0 amide bonds. The van der Waals surface area contributed by atoms with Crippen LogP contribution in [0.15, 0.2) is 71.1 Å². The number of thiazole rings is 1. The van der Waals surface area contributed by atoms with Gasteiger partial charge in [-0.25, -0.2) is 14.2 Å². The van der Waals surface area contributed by atoms with Gasteiger partial charge in [0.2, 0.25) is 0 Å². The predicted octanol–water partition coefficient (Wildman–Crippen LogP) is 5.92. The molecule has 4 nitrogen and oxygen atoms in total. The fourth-order valence-corrected chi connectivity index (χ4v) is 4.22. The van der Waals surface area contributed by atoms with Crippen LogP contribution < -0.4 is 4.72 Å². The van der Waals surface area contributed by atoms with Crippen LogP contribution in [0.3, 0.4) is 0 Å². The molecule has 134 valence electrons. The van der Waals surface area contributed by atoms with Crippen molar-refractivity contribution in [3.05, 3.63) is 78.2 Å². The first-order valence-corrected chi connectivity index (χ1v) is 9.63. The van der Waals surface area contributed by atoms with Crippen molar-refractivity contribution in [1.82, 2.24) is 4.98 Å². The minimum Gasteiger partial charge on any atom is -0.478 e. The highest BCUT2D eigenvalue weighted by Gasteiger charge is 2.07. The molecule has 4 rings (SSSR count). The second kappa shape index (κ2) is 7.38. The van der Waals surface area contributed by atoms with E-state index in [2.05, 4.69) is 9.71 Å². The first-order valence-electron chi connectivity index (χ1n) is 8.00. The molecule has 27 heavy (non-hydrogen) atoms. The second-order valence-corrected chi connectivity index (χ2v) is 7.91. The van der Waals surface area contributed by atoms with Gasteiger partial charge in [0.05, 0.1) is 11.8 Å². The maximum Gasteiger partial charge on any atom is 0.335 e. The van der Waals surface area contributed by atoms with E-state index in [0.29, 0.717) is 0 Å². The lowest BCUT2D eigenvalue weighted by atomic mass is 10.1. The molecule has 0 unspecified atom stereocenters. The lowest BCUT2D eigenvalue weighted by Gasteiger charge is -2.06. The number of carbonyl (C=O) groups is 1. The Morgan fingerprint density at radius 2 is 1.78 bits per heavy atom. The minimum atomic E-state index is -0.934. The largest absolute Gasteiger partial charge is 0.478 e. The average molecular weight is 396 g/mol. The highest BCUT2D eigenvalue weighted by molar-refractivity contribution is 8.02. The number of halogens is 1. The van der Waals surface area contributed by atoms with Gasteiger partial charge in [-0.3, -0.25) is 0 Å². The summed E-state index contributed by atoms with van der Waals surface area (Å²) in [6, 6.07) is 17.1. The van der Waals surface area contributed by atoms with Crippen molar-refractivity contribution >= 4 is 45.7 Å². The van der Waals surface area contributed by atoms with Crippen molar-refractivity contribution in [3.63, 3.8) is 0 Å². The van der Waals surface area contributed by atoms with Crippen LogP contribution in [0.5, 0.6) is 0 Å². The topological polar surface area (TPSA) is 62.2 Å². The third kappa shape index (κ3) is 3.94. The van der Waals surface area contributed by atoms with Crippen LogP contribution in [0.2, 0.25) is 0 Å². The summed E-state index contributed by atoms with van der Waals surface area (Å²) in [5.41, 5.74) is 2.07. The number of fused-ring (bicyclic) bond motifs is 1. The molecule has 0 atom stereocenters. The summed E-state index contributed by atoms with van der Waals surface area (Å²) in [7, 11) is 0. The van der Waals surface area contributed by atoms with Crippen molar-refractivity contribution < 1.29 is 14.3 Å². The van der Waals surface area contributed by atoms with Crippen LogP contribution >= 0.6 is 23.3 Å². The van der Waals surface area contributed by atoms with Gasteiger partial charge < -0.3 is 9.83 Å². The Kier molecular flexibility index (Phi) is 4.79. The summed E-state index contributed by atoms with van der Waals surface area (Å²) < 4.78 is 17.3. The second-order valence-electron chi connectivity index (χ2n) is 5.78. The standard InChI is InChI=1S/C20H13FN2O2S2/c21-16-6-3-12(4-7-16)19-22-11-18(26-19)27-23-17-8-5-13-9-15(20(24)25)2-1-14(13)10-17/h1-11,23H,(H,24,25). The van der Waals surface area contributed by atoms with E-state index in [0.717, 1.165) is 31.2 Å². The third-order valence-electron chi connectivity index (χ3n) is 3.93. The van der Waals surface area contributed by atoms with Gasteiger partial charge in [0.1, 0.15) is 15.0 Å². The quantitative estimate of drug-likeness (QED) is 0.410. The van der Waals surface area contributed by atoms with E-state index in [9.17, 15) is 9.18 Å². The van der Waals surface area contributed by atoms with Crippen LogP contribution in [0.25, 0.3) is 21.3 Å². The SMILES string of the molecule is O=C(O)c1ccc2cc(NSc3cnc(-c4ccc(F)cc4)s3)ccc2c1. The molecule has 0 fully saturated rings. The zero-order valence-electron chi connectivity index (χ0n) is 13.8. The summed E-state index contributed by atoms with van der Waals surface area (Å²) in [6.07, 6.45) is 1.78. The van der Waals surface area contributed by atoms with Crippen LogP contribution in [0.4, 0.5) is 10.1 Å². The number of nitrogens with zero attached hydrogens (tertiary/aromatic N) is 1. The highest BCUT2D eigenvalue weighted by atomic mass is 32.2. The number of rotatable bonds is 5. The first kappa shape index (κ1) is 17.5. The molecule has 0 saturated carbocycles. The van der Waals surface area contributed by atoms with Crippen molar-refractivity contribution in [2.45, 2.75) is 4.21 Å². The molecule has 1 heterocycles.